The van der Waals surface area contributed by atoms with Crippen LogP contribution in [0, 0.1) is 12.7 Å². The fraction of sp³-hybridized carbons (Fsp3) is 0.464. The molecule has 0 spiro atoms. The average Bonchev–Trinajstić information content (AvgIpc) is 3.69. The second-order valence-electron chi connectivity index (χ2n) is 10.9. The largest absolute Gasteiger partial charge is 0.508 e. The number of aromatic hydroxyl groups is 1. The van der Waals surface area contributed by atoms with Crippen LogP contribution in [0.3, 0.4) is 0 Å². The summed E-state index contributed by atoms with van der Waals surface area (Å²) in [4.78, 5) is 44.3. The van der Waals surface area contributed by atoms with Gasteiger partial charge in [0.1, 0.15) is 33.5 Å². The maximum absolute atomic E-state index is 14.5. The van der Waals surface area contributed by atoms with Crippen molar-refractivity contribution in [1.82, 2.24) is 29.0 Å². The molecule has 0 radical (unpaired) electrons. The first-order valence-corrected chi connectivity index (χ1v) is 14.7. The number of halogens is 1. The quantitative estimate of drug-likeness (QED) is 0.330. The summed E-state index contributed by atoms with van der Waals surface area (Å²) in [5, 5.41) is 29.9. The summed E-state index contributed by atoms with van der Waals surface area (Å²) in [7, 11) is 1.62. The number of nitrogens with zero attached hydrogens (tertiary/aromatic N) is 6. The topological polar surface area (TPSA) is 145 Å². The van der Waals surface area contributed by atoms with Gasteiger partial charge in [-0.3, -0.25) is 14.2 Å². The highest BCUT2D eigenvalue weighted by atomic mass is 32.1. The molecule has 0 unspecified atom stereocenters. The molecule has 1 aliphatic heterocycles. The molecule has 12 nitrogen and oxygen atoms in total. The second-order valence-corrected chi connectivity index (χ2v) is 11.9. The number of likely N-dealkylation sites (N-methyl/N-ethyl adjacent to an activating group) is 1. The van der Waals surface area contributed by atoms with Crippen LogP contribution < -0.4 is 11.2 Å². The van der Waals surface area contributed by atoms with Gasteiger partial charge in [-0.25, -0.2) is 13.8 Å². The molecule has 1 amide bonds. The van der Waals surface area contributed by atoms with Crippen molar-refractivity contribution in [2.24, 2.45) is 0 Å². The highest BCUT2D eigenvalue weighted by molar-refractivity contribution is 7.21. The monoisotopic (exact) mass is 598 g/mol. The molecule has 2 N–H and O–H groups in total. The summed E-state index contributed by atoms with van der Waals surface area (Å²) in [5.41, 5.74) is -0.590. The zero-order valence-electron chi connectivity index (χ0n) is 23.1. The number of rotatable bonds is 7. The number of carbonyl (C=O) groups excluding carboxylic acids is 1. The number of aliphatic hydroxyl groups excluding tert-OH is 1. The van der Waals surface area contributed by atoms with E-state index in [2.05, 4.69) is 10.2 Å². The Bertz CT molecular complexity index is 1760. The fourth-order valence-electron chi connectivity index (χ4n) is 5.92. The van der Waals surface area contributed by atoms with Crippen LogP contribution in [0.1, 0.15) is 55.4 Å². The van der Waals surface area contributed by atoms with Gasteiger partial charge in [-0.2, -0.15) is 10.2 Å². The maximum Gasteiger partial charge on any atom is 0.332 e. The molecule has 3 aromatic heterocycles. The smallest absolute Gasteiger partial charge is 0.332 e. The van der Waals surface area contributed by atoms with E-state index in [1.807, 2.05) is 0 Å². The van der Waals surface area contributed by atoms with Crippen LogP contribution in [-0.4, -0.2) is 70.9 Å². The summed E-state index contributed by atoms with van der Waals surface area (Å²) in [5.74, 6) is -1.12. The molecule has 6 rings (SSSR count). The Hall–Kier alpha value is -3.88. The number of likely N-dealkylation sites (tertiary alicyclic amines) is 1. The summed E-state index contributed by atoms with van der Waals surface area (Å²) >= 11 is 1.15. The molecule has 1 saturated carbocycles. The van der Waals surface area contributed by atoms with E-state index in [1.54, 1.807) is 14.0 Å². The van der Waals surface area contributed by atoms with Crippen LogP contribution in [0.25, 0.3) is 15.2 Å². The van der Waals surface area contributed by atoms with Crippen molar-refractivity contribution in [3.63, 3.8) is 0 Å². The molecular formula is C28H31FN6O6S. The molecule has 2 atom stereocenters. The molecule has 4 heterocycles. The van der Waals surface area contributed by atoms with Gasteiger partial charge in [-0.1, -0.05) is 11.3 Å². The van der Waals surface area contributed by atoms with Gasteiger partial charge >= 0.3 is 5.69 Å². The number of hydrogen-bond donors (Lipinski definition) is 2. The zero-order chi connectivity index (χ0) is 29.7. The third-order valence-electron chi connectivity index (χ3n) is 8.21. The number of phenols is 1. The number of hydrogen-bond acceptors (Lipinski definition) is 9. The number of ether oxygens (including phenoxy) is 1. The number of thiophene rings is 1. The van der Waals surface area contributed by atoms with Gasteiger partial charge in [0.2, 0.25) is 5.91 Å². The lowest BCUT2D eigenvalue weighted by atomic mass is 9.94. The molecule has 2 fully saturated rings. The van der Waals surface area contributed by atoms with Crippen molar-refractivity contribution in [2.75, 3.05) is 13.6 Å². The number of phenolic OH excluding ortho intramolecular Hbond substituents is 1. The molecule has 1 aromatic carbocycles. The fourth-order valence-corrected chi connectivity index (χ4v) is 7.14. The van der Waals surface area contributed by atoms with Gasteiger partial charge in [-0.05, 0) is 57.2 Å². The van der Waals surface area contributed by atoms with Crippen molar-refractivity contribution in [2.45, 2.75) is 69.9 Å². The van der Waals surface area contributed by atoms with E-state index in [1.165, 1.54) is 38.8 Å². The number of aliphatic hydroxyl groups is 1. The Labute approximate surface area is 243 Å². The number of benzene rings is 1. The van der Waals surface area contributed by atoms with Crippen molar-refractivity contribution < 1.29 is 24.1 Å². The molecule has 1 aliphatic carbocycles. The predicted octanol–water partition coefficient (Wildman–Crippen LogP) is 2.42. The van der Waals surface area contributed by atoms with Crippen molar-refractivity contribution in [1.29, 1.82) is 0 Å². The second kappa shape index (κ2) is 11.1. The molecule has 4 aromatic rings. The summed E-state index contributed by atoms with van der Waals surface area (Å²) < 4.78 is 23.3. The van der Waals surface area contributed by atoms with Gasteiger partial charge in [0.25, 0.3) is 5.56 Å². The third kappa shape index (κ3) is 4.92. The maximum atomic E-state index is 14.5. The van der Waals surface area contributed by atoms with Gasteiger partial charge in [-0.15, -0.1) is 4.80 Å². The van der Waals surface area contributed by atoms with E-state index in [4.69, 9.17) is 4.74 Å². The molecular weight excluding hydrogens is 567 g/mol. The summed E-state index contributed by atoms with van der Waals surface area (Å²) in [6.45, 7) is 1.96. The normalized spacial score (nSPS) is 21.9. The lowest BCUT2D eigenvalue weighted by Crippen LogP contribution is -2.45. The van der Waals surface area contributed by atoms with E-state index in [-0.39, 0.29) is 35.3 Å². The summed E-state index contributed by atoms with van der Waals surface area (Å²) in [6, 6.07) is 2.56. The van der Waals surface area contributed by atoms with Crippen molar-refractivity contribution in [3.8, 4) is 10.8 Å². The van der Waals surface area contributed by atoms with Crippen LogP contribution in [0.15, 0.2) is 40.2 Å². The Kier molecular flexibility index (Phi) is 7.45. The van der Waals surface area contributed by atoms with Gasteiger partial charge in [0.05, 0.1) is 36.5 Å². The van der Waals surface area contributed by atoms with Gasteiger partial charge < -0.3 is 19.8 Å². The van der Waals surface area contributed by atoms with Crippen LogP contribution in [0.4, 0.5) is 4.39 Å². The van der Waals surface area contributed by atoms with E-state index < -0.39 is 35.3 Å². The SMILES string of the molecule is Cc1c(-n2nccn2)sc2c1c(=O)n([C@H]1CCN(C)C1=O)c(=O)n2C[C@H](O[C@H]1CC[C@@H](O)CC1)c1cc(F)ccc1O. The standard InChI is InChI=1S/C28H31FN6O6S/c1-15-23-25(39)34(20-9-12-32(2)24(20)38)28(40)33(27(23)42-26(15)35-30-10-11-31-35)14-22(19-13-16(29)3-8-21(19)37)41-18-6-4-17(36)5-7-18/h3,8,10-11,13,17-18,20,22,36-37H,4-7,9,12,14H2,1-2H3/t17-,18+,20-,22-/m0/s1. The molecule has 1 saturated heterocycles. The first kappa shape index (κ1) is 28.2. The van der Waals surface area contributed by atoms with E-state index >= 15 is 0 Å². The lowest BCUT2D eigenvalue weighted by Gasteiger charge is -2.30. The van der Waals surface area contributed by atoms with Crippen LogP contribution in [0.5, 0.6) is 5.75 Å². The highest BCUT2D eigenvalue weighted by Crippen LogP contribution is 2.36. The molecule has 222 valence electrons. The number of carbonyl (C=O) groups is 1. The minimum Gasteiger partial charge on any atom is -0.508 e. The number of aryl methyl sites for hydroxylation is 1. The third-order valence-corrected chi connectivity index (χ3v) is 9.50. The van der Waals surface area contributed by atoms with Crippen molar-refractivity contribution in [3.05, 3.63) is 68.4 Å². The van der Waals surface area contributed by atoms with E-state index in [0.717, 1.165) is 22.0 Å². The highest BCUT2D eigenvalue weighted by Gasteiger charge is 2.36. The summed E-state index contributed by atoms with van der Waals surface area (Å²) in [6.07, 6.45) is 3.73. The first-order chi connectivity index (χ1) is 20.1. The van der Waals surface area contributed by atoms with Gasteiger partial charge in [0, 0.05) is 24.7 Å². The van der Waals surface area contributed by atoms with E-state index in [0.29, 0.717) is 54.0 Å². The van der Waals surface area contributed by atoms with Crippen molar-refractivity contribution >= 4 is 27.5 Å². The average molecular weight is 599 g/mol. The Morgan fingerprint density at radius 1 is 1.12 bits per heavy atom. The van der Waals surface area contributed by atoms with Crippen LogP contribution >= 0.6 is 11.3 Å². The van der Waals surface area contributed by atoms with Crippen LogP contribution in [-0.2, 0) is 16.1 Å². The Morgan fingerprint density at radius 3 is 2.50 bits per heavy atom. The van der Waals surface area contributed by atoms with Crippen LogP contribution in [0.2, 0.25) is 0 Å². The molecule has 0 bridgehead atoms. The lowest BCUT2D eigenvalue weighted by molar-refractivity contribution is -0.129. The number of aromatic nitrogens is 5. The number of fused-ring (bicyclic) bond motifs is 1. The number of amides is 1. The van der Waals surface area contributed by atoms with Gasteiger partial charge in [0.15, 0.2) is 0 Å². The molecule has 2 aliphatic rings. The van der Waals surface area contributed by atoms with E-state index in [9.17, 15) is 29.0 Å². The molecule has 14 heteroatoms. The zero-order valence-corrected chi connectivity index (χ0v) is 24.0. The minimum atomic E-state index is -0.983. The molecule has 42 heavy (non-hydrogen) atoms. The Morgan fingerprint density at radius 2 is 1.83 bits per heavy atom. The first-order valence-electron chi connectivity index (χ1n) is 13.9. The predicted molar refractivity (Wildman–Crippen MR) is 151 cm³/mol. The Balaban J connectivity index is 1.55. The minimum absolute atomic E-state index is 0.151.